The SMILES string of the molecule is C(=NOCc1ccccc1)c1ccc(N2CCSCC2)cc1. The van der Waals surface area contributed by atoms with Gasteiger partial charge in [-0.05, 0) is 23.3 Å². The van der Waals surface area contributed by atoms with Crippen LogP contribution in [-0.2, 0) is 11.4 Å². The van der Waals surface area contributed by atoms with Crippen LogP contribution in [0.1, 0.15) is 11.1 Å². The third-order valence-electron chi connectivity index (χ3n) is 3.62. The van der Waals surface area contributed by atoms with Crippen molar-refractivity contribution in [3.05, 3.63) is 65.7 Å². The van der Waals surface area contributed by atoms with Crippen molar-refractivity contribution in [1.29, 1.82) is 0 Å². The van der Waals surface area contributed by atoms with Crippen LogP contribution in [0.25, 0.3) is 0 Å². The molecule has 3 nitrogen and oxygen atoms in total. The van der Waals surface area contributed by atoms with Crippen molar-refractivity contribution in [2.45, 2.75) is 6.61 Å². The van der Waals surface area contributed by atoms with Gasteiger partial charge in [0.2, 0.25) is 0 Å². The fourth-order valence-corrected chi connectivity index (χ4v) is 3.28. The van der Waals surface area contributed by atoms with E-state index in [1.165, 1.54) is 17.2 Å². The third-order valence-corrected chi connectivity index (χ3v) is 4.56. The van der Waals surface area contributed by atoms with E-state index in [1.54, 1.807) is 6.21 Å². The van der Waals surface area contributed by atoms with Crippen LogP contribution in [-0.4, -0.2) is 30.8 Å². The minimum absolute atomic E-state index is 0.501. The molecule has 0 aliphatic carbocycles. The average Bonchev–Trinajstić information content (AvgIpc) is 2.61. The quantitative estimate of drug-likeness (QED) is 0.620. The first-order chi connectivity index (χ1) is 10.9. The van der Waals surface area contributed by atoms with Gasteiger partial charge in [-0.2, -0.15) is 11.8 Å². The predicted octanol–water partition coefficient (Wildman–Crippen LogP) is 3.79. The minimum atomic E-state index is 0.501. The zero-order valence-electron chi connectivity index (χ0n) is 12.5. The number of thioether (sulfide) groups is 1. The number of anilines is 1. The van der Waals surface area contributed by atoms with Gasteiger partial charge < -0.3 is 9.74 Å². The maximum absolute atomic E-state index is 5.33. The zero-order valence-corrected chi connectivity index (χ0v) is 13.3. The lowest BCUT2D eigenvalue weighted by atomic mass is 10.2. The molecule has 114 valence electrons. The number of nitrogens with zero attached hydrogens (tertiary/aromatic N) is 2. The Balaban J connectivity index is 1.51. The van der Waals surface area contributed by atoms with E-state index in [-0.39, 0.29) is 0 Å². The van der Waals surface area contributed by atoms with Crippen molar-refractivity contribution in [3.63, 3.8) is 0 Å². The fraction of sp³-hybridized carbons (Fsp3) is 0.278. The highest BCUT2D eigenvalue weighted by Gasteiger charge is 2.10. The number of rotatable bonds is 5. The van der Waals surface area contributed by atoms with Gasteiger partial charge in [0.1, 0.15) is 6.61 Å². The second-order valence-corrected chi connectivity index (χ2v) is 6.41. The lowest BCUT2D eigenvalue weighted by Gasteiger charge is -2.28. The number of oxime groups is 1. The molecule has 0 amide bonds. The maximum atomic E-state index is 5.33. The molecule has 1 aliphatic rings. The molecule has 2 aromatic rings. The van der Waals surface area contributed by atoms with E-state index >= 15 is 0 Å². The predicted molar refractivity (Wildman–Crippen MR) is 94.8 cm³/mol. The fourth-order valence-electron chi connectivity index (χ4n) is 2.38. The van der Waals surface area contributed by atoms with Crippen LogP contribution in [0.3, 0.4) is 0 Å². The van der Waals surface area contributed by atoms with Crippen molar-refractivity contribution in [2.24, 2.45) is 5.16 Å². The molecule has 2 aromatic carbocycles. The van der Waals surface area contributed by atoms with Crippen LogP contribution in [0, 0.1) is 0 Å². The minimum Gasteiger partial charge on any atom is -0.391 e. The summed E-state index contributed by atoms with van der Waals surface area (Å²) in [5.74, 6) is 2.44. The lowest BCUT2D eigenvalue weighted by Crippen LogP contribution is -2.32. The summed E-state index contributed by atoms with van der Waals surface area (Å²) in [7, 11) is 0. The van der Waals surface area contributed by atoms with E-state index in [1.807, 2.05) is 42.1 Å². The Hall–Kier alpha value is -1.94. The van der Waals surface area contributed by atoms with Gasteiger partial charge in [0, 0.05) is 30.3 Å². The molecule has 22 heavy (non-hydrogen) atoms. The topological polar surface area (TPSA) is 24.8 Å². The van der Waals surface area contributed by atoms with Crippen LogP contribution in [0.2, 0.25) is 0 Å². The number of hydrogen-bond acceptors (Lipinski definition) is 4. The molecule has 4 heteroatoms. The molecule has 1 fully saturated rings. The molecule has 1 saturated heterocycles. The van der Waals surface area contributed by atoms with Gasteiger partial charge in [0.05, 0.1) is 6.21 Å². The first kappa shape index (κ1) is 15.0. The molecule has 0 spiro atoms. The molecule has 1 aliphatic heterocycles. The Morgan fingerprint density at radius 1 is 1.00 bits per heavy atom. The Labute approximate surface area is 136 Å². The summed E-state index contributed by atoms with van der Waals surface area (Å²) in [4.78, 5) is 7.76. The first-order valence-electron chi connectivity index (χ1n) is 7.54. The molecule has 0 aromatic heterocycles. The molecule has 3 rings (SSSR count). The molecule has 1 heterocycles. The summed E-state index contributed by atoms with van der Waals surface area (Å²) in [5.41, 5.74) is 3.48. The van der Waals surface area contributed by atoms with Gasteiger partial charge in [-0.15, -0.1) is 0 Å². The van der Waals surface area contributed by atoms with Gasteiger partial charge in [0.15, 0.2) is 0 Å². The van der Waals surface area contributed by atoms with E-state index in [0.29, 0.717) is 6.61 Å². The Kier molecular flexibility index (Phi) is 5.37. The van der Waals surface area contributed by atoms with Crippen LogP contribution < -0.4 is 4.90 Å². The van der Waals surface area contributed by atoms with E-state index in [9.17, 15) is 0 Å². The Morgan fingerprint density at radius 2 is 1.73 bits per heavy atom. The summed E-state index contributed by atoms with van der Waals surface area (Å²) in [6.45, 7) is 2.78. The van der Waals surface area contributed by atoms with Crippen LogP contribution >= 0.6 is 11.8 Å². The third kappa shape index (κ3) is 4.28. The summed E-state index contributed by atoms with van der Waals surface area (Å²) in [5, 5.41) is 4.04. The normalized spacial score (nSPS) is 15.2. The average molecular weight is 312 g/mol. The molecule has 0 bridgehead atoms. The van der Waals surface area contributed by atoms with Gasteiger partial charge in [-0.1, -0.05) is 47.6 Å². The van der Waals surface area contributed by atoms with E-state index in [4.69, 9.17) is 4.84 Å². The first-order valence-corrected chi connectivity index (χ1v) is 8.69. The van der Waals surface area contributed by atoms with E-state index < -0.39 is 0 Å². The van der Waals surface area contributed by atoms with Crippen molar-refractivity contribution in [3.8, 4) is 0 Å². The van der Waals surface area contributed by atoms with Crippen molar-refractivity contribution in [2.75, 3.05) is 29.5 Å². The van der Waals surface area contributed by atoms with Crippen LogP contribution in [0.4, 0.5) is 5.69 Å². The van der Waals surface area contributed by atoms with Crippen molar-refractivity contribution >= 4 is 23.7 Å². The lowest BCUT2D eigenvalue weighted by molar-refractivity contribution is 0.132. The second-order valence-electron chi connectivity index (χ2n) is 5.18. The van der Waals surface area contributed by atoms with Gasteiger partial charge in [0.25, 0.3) is 0 Å². The highest BCUT2D eigenvalue weighted by Crippen LogP contribution is 2.19. The standard InChI is InChI=1S/C18H20N2OS/c1-2-4-17(5-3-1)15-21-19-14-16-6-8-18(9-7-16)20-10-12-22-13-11-20/h1-9,14H,10-13,15H2. The number of benzene rings is 2. The summed E-state index contributed by atoms with van der Waals surface area (Å²) >= 11 is 2.03. The number of hydrogen-bond donors (Lipinski definition) is 0. The Morgan fingerprint density at radius 3 is 2.45 bits per heavy atom. The molecule has 0 unspecified atom stereocenters. The second kappa shape index (κ2) is 7.90. The molecular weight excluding hydrogens is 292 g/mol. The Bertz CT molecular complexity index is 592. The smallest absolute Gasteiger partial charge is 0.142 e. The molecule has 0 N–H and O–H groups in total. The molecule has 0 radical (unpaired) electrons. The summed E-state index contributed by atoms with van der Waals surface area (Å²) in [6, 6.07) is 18.6. The summed E-state index contributed by atoms with van der Waals surface area (Å²) in [6.07, 6.45) is 1.76. The van der Waals surface area contributed by atoms with E-state index in [2.05, 4.69) is 34.3 Å². The van der Waals surface area contributed by atoms with Gasteiger partial charge >= 0.3 is 0 Å². The van der Waals surface area contributed by atoms with Gasteiger partial charge in [-0.3, -0.25) is 0 Å². The highest BCUT2D eigenvalue weighted by molar-refractivity contribution is 7.99. The monoisotopic (exact) mass is 312 g/mol. The van der Waals surface area contributed by atoms with Gasteiger partial charge in [-0.25, -0.2) is 0 Å². The molecule has 0 saturated carbocycles. The van der Waals surface area contributed by atoms with Crippen LogP contribution in [0.15, 0.2) is 59.8 Å². The van der Waals surface area contributed by atoms with Crippen molar-refractivity contribution < 1.29 is 4.84 Å². The van der Waals surface area contributed by atoms with E-state index in [0.717, 1.165) is 24.2 Å². The summed E-state index contributed by atoms with van der Waals surface area (Å²) < 4.78 is 0. The molecule has 0 atom stereocenters. The van der Waals surface area contributed by atoms with Crippen molar-refractivity contribution in [1.82, 2.24) is 0 Å². The molecular formula is C18H20N2OS. The highest BCUT2D eigenvalue weighted by atomic mass is 32.2. The largest absolute Gasteiger partial charge is 0.391 e. The van der Waals surface area contributed by atoms with Crippen LogP contribution in [0.5, 0.6) is 0 Å². The zero-order chi connectivity index (χ0) is 15.0. The maximum Gasteiger partial charge on any atom is 0.142 e.